The van der Waals surface area contributed by atoms with E-state index >= 15 is 0 Å². The van der Waals surface area contributed by atoms with Crippen molar-refractivity contribution in [3.8, 4) is 0 Å². The first-order chi connectivity index (χ1) is 12.2. The highest BCUT2D eigenvalue weighted by Gasteiger charge is 1.99. The third kappa shape index (κ3) is 4.96. The lowest BCUT2D eigenvalue weighted by molar-refractivity contribution is 0.958. The SMILES string of the molecule is [C-]#[N+]c1ccc(CCc2ccc(CNc3ccc(C)cc3)cc2)cc1. The molecule has 0 aliphatic rings. The second-order valence-electron chi connectivity index (χ2n) is 6.31. The van der Waals surface area contributed by atoms with Crippen LogP contribution < -0.4 is 5.32 Å². The minimum Gasteiger partial charge on any atom is -0.381 e. The Bertz CT molecular complexity index is 839. The maximum Gasteiger partial charge on any atom is 0.187 e. The van der Waals surface area contributed by atoms with Gasteiger partial charge in [-0.05, 0) is 43.0 Å². The molecule has 0 bridgehead atoms. The number of hydrogen-bond acceptors (Lipinski definition) is 1. The van der Waals surface area contributed by atoms with Gasteiger partial charge in [-0.3, -0.25) is 0 Å². The zero-order chi connectivity index (χ0) is 17.5. The molecular weight excluding hydrogens is 304 g/mol. The van der Waals surface area contributed by atoms with E-state index in [1.165, 1.54) is 22.3 Å². The van der Waals surface area contributed by atoms with Crippen molar-refractivity contribution in [1.82, 2.24) is 0 Å². The summed E-state index contributed by atoms with van der Waals surface area (Å²) in [6, 6.07) is 25.2. The van der Waals surface area contributed by atoms with E-state index in [9.17, 15) is 0 Å². The van der Waals surface area contributed by atoms with Gasteiger partial charge < -0.3 is 5.32 Å². The van der Waals surface area contributed by atoms with Crippen LogP contribution in [0.5, 0.6) is 0 Å². The Morgan fingerprint density at radius 2 is 1.24 bits per heavy atom. The molecule has 25 heavy (non-hydrogen) atoms. The minimum absolute atomic E-state index is 0.703. The standard InChI is InChI=1S/C23H22N2/c1-18-3-13-23(14-4-18)25-17-21-9-7-19(8-10-21)5-6-20-11-15-22(24-2)16-12-20/h3-4,7-16,25H,5-6,17H2,1H3. The fraction of sp³-hybridized carbons (Fsp3) is 0.174. The van der Waals surface area contributed by atoms with Crippen molar-refractivity contribution >= 4 is 11.4 Å². The van der Waals surface area contributed by atoms with Crippen molar-refractivity contribution in [1.29, 1.82) is 0 Å². The van der Waals surface area contributed by atoms with Crippen LogP contribution in [0.25, 0.3) is 4.85 Å². The maximum atomic E-state index is 6.99. The van der Waals surface area contributed by atoms with E-state index in [2.05, 4.69) is 65.6 Å². The van der Waals surface area contributed by atoms with Crippen LogP contribution in [0, 0.1) is 13.5 Å². The lowest BCUT2D eigenvalue weighted by atomic mass is 10.0. The van der Waals surface area contributed by atoms with E-state index in [0.29, 0.717) is 5.69 Å². The van der Waals surface area contributed by atoms with Crippen LogP contribution in [0.2, 0.25) is 0 Å². The summed E-state index contributed by atoms with van der Waals surface area (Å²) >= 11 is 0. The fourth-order valence-corrected chi connectivity index (χ4v) is 2.73. The summed E-state index contributed by atoms with van der Waals surface area (Å²) in [6.45, 7) is 9.92. The molecule has 2 nitrogen and oxygen atoms in total. The van der Waals surface area contributed by atoms with Gasteiger partial charge in [-0.2, -0.15) is 0 Å². The number of rotatable bonds is 6. The summed E-state index contributed by atoms with van der Waals surface area (Å²) in [7, 11) is 0. The number of anilines is 1. The zero-order valence-corrected chi connectivity index (χ0v) is 14.5. The molecule has 1 N–H and O–H groups in total. The topological polar surface area (TPSA) is 16.4 Å². The Labute approximate surface area is 150 Å². The lowest BCUT2D eigenvalue weighted by Crippen LogP contribution is -1.99. The van der Waals surface area contributed by atoms with E-state index in [1.807, 2.05) is 24.3 Å². The highest BCUT2D eigenvalue weighted by molar-refractivity contribution is 5.46. The summed E-state index contributed by atoms with van der Waals surface area (Å²) in [4.78, 5) is 3.43. The molecule has 0 heterocycles. The van der Waals surface area contributed by atoms with E-state index in [4.69, 9.17) is 6.57 Å². The number of aryl methyl sites for hydroxylation is 3. The van der Waals surface area contributed by atoms with Crippen molar-refractivity contribution in [3.05, 3.63) is 106 Å². The molecule has 2 heteroatoms. The second kappa shape index (κ2) is 8.17. The van der Waals surface area contributed by atoms with Crippen molar-refractivity contribution in [3.63, 3.8) is 0 Å². The normalized spacial score (nSPS) is 10.2. The highest BCUT2D eigenvalue weighted by Crippen LogP contribution is 2.15. The Morgan fingerprint density at radius 3 is 1.80 bits per heavy atom. The largest absolute Gasteiger partial charge is 0.381 e. The third-order valence-electron chi connectivity index (χ3n) is 4.34. The van der Waals surface area contributed by atoms with Gasteiger partial charge in [0.1, 0.15) is 0 Å². The van der Waals surface area contributed by atoms with Crippen molar-refractivity contribution in [2.75, 3.05) is 5.32 Å². The number of hydrogen-bond donors (Lipinski definition) is 1. The summed E-state index contributed by atoms with van der Waals surface area (Å²) < 4.78 is 0. The molecule has 3 aromatic rings. The second-order valence-corrected chi connectivity index (χ2v) is 6.31. The third-order valence-corrected chi connectivity index (χ3v) is 4.34. The van der Waals surface area contributed by atoms with Crippen LogP contribution in [-0.2, 0) is 19.4 Å². The van der Waals surface area contributed by atoms with Crippen LogP contribution in [0.3, 0.4) is 0 Å². The first-order valence-electron chi connectivity index (χ1n) is 8.58. The molecule has 0 saturated heterocycles. The van der Waals surface area contributed by atoms with Crippen LogP contribution >= 0.6 is 0 Å². The predicted molar refractivity (Wildman–Crippen MR) is 105 cm³/mol. The zero-order valence-electron chi connectivity index (χ0n) is 14.5. The molecule has 0 fully saturated rings. The minimum atomic E-state index is 0.703. The van der Waals surface area contributed by atoms with Gasteiger partial charge in [-0.1, -0.05) is 71.8 Å². The lowest BCUT2D eigenvalue weighted by Gasteiger charge is -2.08. The van der Waals surface area contributed by atoms with Crippen LogP contribution in [0.15, 0.2) is 72.8 Å². The maximum absolute atomic E-state index is 6.99. The summed E-state index contributed by atoms with van der Waals surface area (Å²) in [5.41, 5.74) is 7.03. The van der Waals surface area contributed by atoms with Gasteiger partial charge >= 0.3 is 0 Å². The summed E-state index contributed by atoms with van der Waals surface area (Å²) in [5, 5.41) is 3.45. The molecule has 0 aromatic heterocycles. The Hall–Kier alpha value is -3.05. The van der Waals surface area contributed by atoms with Crippen molar-refractivity contribution < 1.29 is 0 Å². The van der Waals surface area contributed by atoms with E-state index in [-0.39, 0.29) is 0 Å². The Kier molecular flexibility index (Phi) is 5.49. The number of nitrogens with zero attached hydrogens (tertiary/aromatic N) is 1. The molecule has 0 saturated carbocycles. The smallest absolute Gasteiger partial charge is 0.187 e. The number of benzene rings is 3. The highest BCUT2D eigenvalue weighted by atomic mass is 14.9. The first kappa shape index (κ1) is 16.8. The first-order valence-corrected chi connectivity index (χ1v) is 8.58. The van der Waals surface area contributed by atoms with Gasteiger partial charge in [0.05, 0.1) is 6.57 Å². The average molecular weight is 326 g/mol. The Balaban J connectivity index is 1.51. The molecule has 0 unspecified atom stereocenters. The predicted octanol–water partition coefficient (Wildman–Crippen LogP) is 5.94. The number of nitrogens with one attached hydrogen (secondary N) is 1. The molecule has 3 aromatic carbocycles. The van der Waals surface area contributed by atoms with Gasteiger partial charge in [-0.15, -0.1) is 0 Å². The van der Waals surface area contributed by atoms with Crippen molar-refractivity contribution in [2.45, 2.75) is 26.3 Å². The molecule has 0 amide bonds. The molecule has 124 valence electrons. The summed E-state index contributed by atoms with van der Waals surface area (Å²) in [6.07, 6.45) is 2.02. The van der Waals surface area contributed by atoms with E-state index in [1.54, 1.807) is 0 Å². The van der Waals surface area contributed by atoms with Gasteiger partial charge in [0, 0.05) is 12.2 Å². The molecule has 0 atom stereocenters. The fourth-order valence-electron chi connectivity index (χ4n) is 2.73. The monoisotopic (exact) mass is 326 g/mol. The Morgan fingerprint density at radius 1 is 0.720 bits per heavy atom. The van der Waals surface area contributed by atoms with Crippen LogP contribution in [0.4, 0.5) is 11.4 Å². The average Bonchev–Trinajstić information content (AvgIpc) is 2.67. The van der Waals surface area contributed by atoms with Crippen LogP contribution in [-0.4, -0.2) is 0 Å². The quantitative estimate of drug-likeness (QED) is 0.554. The summed E-state index contributed by atoms with van der Waals surface area (Å²) in [5.74, 6) is 0. The molecule has 3 rings (SSSR count). The van der Waals surface area contributed by atoms with Crippen molar-refractivity contribution in [2.24, 2.45) is 0 Å². The van der Waals surface area contributed by atoms with Gasteiger partial charge in [-0.25, -0.2) is 4.85 Å². The van der Waals surface area contributed by atoms with Gasteiger partial charge in [0.2, 0.25) is 0 Å². The van der Waals surface area contributed by atoms with Crippen LogP contribution in [0.1, 0.15) is 22.3 Å². The molecule has 0 aliphatic carbocycles. The molecule has 0 aliphatic heterocycles. The van der Waals surface area contributed by atoms with Gasteiger partial charge in [0.15, 0.2) is 5.69 Å². The molecule has 0 radical (unpaired) electrons. The van der Waals surface area contributed by atoms with Gasteiger partial charge in [0.25, 0.3) is 0 Å². The molecular formula is C23H22N2. The molecule has 0 spiro atoms. The van der Waals surface area contributed by atoms with E-state index < -0.39 is 0 Å². The van der Waals surface area contributed by atoms with E-state index in [0.717, 1.165) is 25.1 Å².